The van der Waals surface area contributed by atoms with Gasteiger partial charge in [0.25, 0.3) is 0 Å². The summed E-state index contributed by atoms with van der Waals surface area (Å²) in [7, 11) is 0. The molecule has 0 bridgehead atoms. The summed E-state index contributed by atoms with van der Waals surface area (Å²) in [4.78, 5) is 1.12. The van der Waals surface area contributed by atoms with Crippen LogP contribution in [0.25, 0.3) is 0 Å². The lowest BCUT2D eigenvalue weighted by Crippen LogP contribution is -1.96. The van der Waals surface area contributed by atoms with Crippen LogP contribution in [0.15, 0.2) is 22.6 Å². The van der Waals surface area contributed by atoms with E-state index >= 15 is 0 Å². The molecular weight excluding hydrogens is 240 g/mol. The molecule has 1 N–H and O–H groups in total. The average molecular weight is 250 g/mol. The second-order valence-electron chi connectivity index (χ2n) is 3.73. The summed E-state index contributed by atoms with van der Waals surface area (Å²) in [5.74, 6) is 1.49. The minimum atomic E-state index is 0.536. The van der Waals surface area contributed by atoms with Gasteiger partial charge >= 0.3 is 0 Å². The molecule has 2 aromatic heterocycles. The molecular formula is C10H10N4S2. The summed E-state index contributed by atoms with van der Waals surface area (Å²) in [5.41, 5.74) is 0. The van der Waals surface area contributed by atoms with Crippen molar-refractivity contribution in [2.45, 2.75) is 18.8 Å². The Kier molecular flexibility index (Phi) is 2.45. The van der Waals surface area contributed by atoms with Gasteiger partial charge in [0, 0.05) is 10.8 Å². The Hall–Kier alpha value is -1.27. The number of thiophene rings is 1. The molecule has 2 heterocycles. The second-order valence-corrected chi connectivity index (χ2v) is 5.10. The monoisotopic (exact) mass is 250 g/mol. The first kappa shape index (κ1) is 9.92. The summed E-state index contributed by atoms with van der Waals surface area (Å²) < 4.78 is 2.29. The molecule has 0 saturated heterocycles. The van der Waals surface area contributed by atoms with Gasteiger partial charge in [0.1, 0.15) is 0 Å². The lowest BCUT2D eigenvalue weighted by molar-refractivity contribution is 0.773. The van der Waals surface area contributed by atoms with Crippen molar-refractivity contribution in [1.82, 2.24) is 14.9 Å². The first-order valence-electron chi connectivity index (χ1n) is 5.10. The molecule has 1 aliphatic rings. The molecule has 1 fully saturated rings. The summed E-state index contributed by atoms with van der Waals surface area (Å²) in [5, 5.41) is 13.4. The molecule has 3 rings (SSSR count). The minimum absolute atomic E-state index is 0.536. The summed E-state index contributed by atoms with van der Waals surface area (Å²) in [6.45, 7) is 0. The molecule has 4 nitrogen and oxygen atoms in total. The fourth-order valence-corrected chi connectivity index (χ4v) is 2.27. The molecule has 0 radical (unpaired) electrons. The predicted molar refractivity (Wildman–Crippen MR) is 66.7 cm³/mol. The zero-order valence-corrected chi connectivity index (χ0v) is 10.1. The molecule has 0 aromatic carbocycles. The smallest absolute Gasteiger partial charge is 0.216 e. The maximum absolute atomic E-state index is 5.15. The SMILES string of the molecule is S=c1[nH]nc(C2CC2)n1/N=C\c1cccs1. The highest BCUT2D eigenvalue weighted by molar-refractivity contribution is 7.71. The van der Waals surface area contributed by atoms with E-state index in [-0.39, 0.29) is 0 Å². The molecule has 1 saturated carbocycles. The number of H-pyrrole nitrogens is 1. The topological polar surface area (TPSA) is 46.0 Å². The number of aromatic amines is 1. The van der Waals surface area contributed by atoms with Crippen LogP contribution in [-0.2, 0) is 0 Å². The van der Waals surface area contributed by atoms with Crippen LogP contribution in [0.5, 0.6) is 0 Å². The highest BCUT2D eigenvalue weighted by atomic mass is 32.1. The van der Waals surface area contributed by atoms with Gasteiger partial charge in [-0.2, -0.15) is 14.9 Å². The Bertz CT molecular complexity index is 560. The third kappa shape index (κ3) is 1.85. The number of nitrogens with one attached hydrogen (secondary N) is 1. The van der Waals surface area contributed by atoms with Gasteiger partial charge in [-0.05, 0) is 36.5 Å². The van der Waals surface area contributed by atoms with E-state index in [9.17, 15) is 0 Å². The van der Waals surface area contributed by atoms with Gasteiger partial charge in [-0.3, -0.25) is 5.10 Å². The summed E-state index contributed by atoms with van der Waals surface area (Å²) in [6.07, 6.45) is 4.20. The zero-order chi connectivity index (χ0) is 11.0. The van der Waals surface area contributed by atoms with Gasteiger partial charge in [-0.1, -0.05) is 6.07 Å². The van der Waals surface area contributed by atoms with Crippen LogP contribution >= 0.6 is 23.6 Å². The minimum Gasteiger partial charge on any atom is -0.250 e. The van der Waals surface area contributed by atoms with Crippen LogP contribution in [0.1, 0.15) is 29.5 Å². The maximum atomic E-state index is 5.15. The number of hydrogen-bond acceptors (Lipinski definition) is 4. The molecule has 0 aliphatic heterocycles. The van der Waals surface area contributed by atoms with Crippen LogP contribution in [0.4, 0.5) is 0 Å². The summed E-state index contributed by atoms with van der Waals surface area (Å²) in [6, 6.07) is 4.02. The molecule has 0 amide bonds. The molecule has 16 heavy (non-hydrogen) atoms. The van der Waals surface area contributed by atoms with Crippen molar-refractivity contribution in [2.75, 3.05) is 0 Å². The van der Waals surface area contributed by atoms with Crippen LogP contribution in [-0.4, -0.2) is 21.1 Å². The number of nitrogens with zero attached hydrogens (tertiary/aromatic N) is 3. The van der Waals surface area contributed by atoms with Gasteiger partial charge in [-0.15, -0.1) is 11.3 Å². The molecule has 2 aromatic rings. The van der Waals surface area contributed by atoms with E-state index in [4.69, 9.17) is 12.2 Å². The van der Waals surface area contributed by atoms with E-state index in [0.717, 1.165) is 10.7 Å². The standard InChI is InChI=1S/C10H10N4S2/c15-10-13-12-9(7-3-4-7)14(10)11-6-8-2-1-5-16-8/h1-2,5-7H,3-4H2,(H,13,15)/b11-6-. The average Bonchev–Trinajstić information content (AvgIpc) is 2.87. The zero-order valence-electron chi connectivity index (χ0n) is 8.46. The van der Waals surface area contributed by atoms with E-state index in [1.165, 1.54) is 12.8 Å². The van der Waals surface area contributed by atoms with Gasteiger partial charge < -0.3 is 0 Å². The van der Waals surface area contributed by atoms with Crippen molar-refractivity contribution < 1.29 is 0 Å². The van der Waals surface area contributed by atoms with Crippen molar-refractivity contribution >= 4 is 29.8 Å². The van der Waals surface area contributed by atoms with Crippen molar-refractivity contribution in [3.8, 4) is 0 Å². The first-order valence-corrected chi connectivity index (χ1v) is 6.38. The van der Waals surface area contributed by atoms with Crippen LogP contribution in [0.2, 0.25) is 0 Å². The highest BCUT2D eigenvalue weighted by Gasteiger charge is 2.29. The van der Waals surface area contributed by atoms with Crippen LogP contribution < -0.4 is 0 Å². The largest absolute Gasteiger partial charge is 0.250 e. The third-order valence-electron chi connectivity index (χ3n) is 2.46. The Morgan fingerprint density at radius 3 is 3.19 bits per heavy atom. The molecule has 0 unspecified atom stereocenters. The Morgan fingerprint density at radius 2 is 2.50 bits per heavy atom. The summed E-state index contributed by atoms with van der Waals surface area (Å²) >= 11 is 6.80. The fourth-order valence-electron chi connectivity index (χ4n) is 1.50. The van der Waals surface area contributed by atoms with E-state index in [1.54, 1.807) is 16.0 Å². The van der Waals surface area contributed by atoms with E-state index in [0.29, 0.717) is 10.7 Å². The van der Waals surface area contributed by atoms with Gasteiger partial charge in [0.15, 0.2) is 5.82 Å². The molecule has 1 aliphatic carbocycles. The predicted octanol–water partition coefficient (Wildman–Crippen LogP) is 2.76. The molecule has 6 heteroatoms. The highest BCUT2D eigenvalue weighted by Crippen LogP contribution is 2.38. The second kappa shape index (κ2) is 3.95. The van der Waals surface area contributed by atoms with E-state index in [1.807, 2.05) is 23.7 Å². The maximum Gasteiger partial charge on any atom is 0.216 e. The molecule has 82 valence electrons. The third-order valence-corrected chi connectivity index (χ3v) is 3.53. The lowest BCUT2D eigenvalue weighted by atomic mass is 10.4. The first-order chi connectivity index (χ1) is 7.84. The molecule has 0 atom stereocenters. The van der Waals surface area contributed by atoms with Gasteiger partial charge in [-0.25, -0.2) is 0 Å². The van der Waals surface area contributed by atoms with Crippen molar-refractivity contribution in [3.63, 3.8) is 0 Å². The fraction of sp³-hybridized carbons (Fsp3) is 0.300. The van der Waals surface area contributed by atoms with Gasteiger partial charge in [0.05, 0.1) is 6.21 Å². The number of hydrogen-bond donors (Lipinski definition) is 1. The van der Waals surface area contributed by atoms with Crippen LogP contribution in [0, 0.1) is 4.77 Å². The van der Waals surface area contributed by atoms with Crippen LogP contribution in [0.3, 0.4) is 0 Å². The van der Waals surface area contributed by atoms with E-state index < -0.39 is 0 Å². The van der Waals surface area contributed by atoms with E-state index in [2.05, 4.69) is 15.3 Å². The number of rotatable bonds is 3. The molecule has 0 spiro atoms. The lowest BCUT2D eigenvalue weighted by Gasteiger charge is -1.96. The van der Waals surface area contributed by atoms with Crippen molar-refractivity contribution in [2.24, 2.45) is 5.10 Å². The number of aromatic nitrogens is 3. The quantitative estimate of drug-likeness (QED) is 0.672. The Balaban J connectivity index is 1.94. The van der Waals surface area contributed by atoms with Gasteiger partial charge in [0.2, 0.25) is 4.77 Å². The van der Waals surface area contributed by atoms with Crippen molar-refractivity contribution in [3.05, 3.63) is 33.0 Å². The van der Waals surface area contributed by atoms with Crippen molar-refractivity contribution in [1.29, 1.82) is 0 Å². The normalized spacial score (nSPS) is 16.0. The Morgan fingerprint density at radius 1 is 1.62 bits per heavy atom. The Labute approximate surface area is 102 Å².